The van der Waals surface area contributed by atoms with Crippen molar-refractivity contribution >= 4 is 61.8 Å². The molecular weight excluding hydrogens is 494 g/mol. The van der Waals surface area contributed by atoms with Crippen LogP contribution in [0, 0.1) is 0 Å². The first-order chi connectivity index (χ1) is 15.4. The number of carbonyl (C=O) groups is 1. The molecule has 2 aromatic carbocycles. The molecule has 0 saturated carbocycles. The lowest BCUT2D eigenvalue weighted by Gasteiger charge is -2.10. The predicted octanol–water partition coefficient (Wildman–Crippen LogP) is 4.95. The van der Waals surface area contributed by atoms with Crippen molar-refractivity contribution < 1.29 is 4.79 Å². The van der Waals surface area contributed by atoms with E-state index in [0.29, 0.717) is 40.5 Å². The van der Waals surface area contributed by atoms with Crippen LogP contribution in [0.25, 0.3) is 11.2 Å². The van der Waals surface area contributed by atoms with Gasteiger partial charge in [-0.05, 0) is 53.9 Å². The molecule has 0 unspecified atom stereocenters. The van der Waals surface area contributed by atoms with E-state index in [1.54, 1.807) is 30.6 Å². The van der Waals surface area contributed by atoms with Crippen LogP contribution in [-0.2, 0) is 6.54 Å². The first-order valence-corrected chi connectivity index (χ1v) is 11.2. The number of nitrogens with two attached hydrogens (primary N) is 1. The normalized spacial score (nSPS) is 11.0. The Kier molecular flexibility index (Phi) is 6.57. The summed E-state index contributed by atoms with van der Waals surface area (Å²) in [7, 11) is 0. The molecule has 0 saturated heterocycles. The van der Waals surface area contributed by atoms with E-state index < -0.39 is 0 Å². The second kappa shape index (κ2) is 9.54. The Morgan fingerprint density at radius 2 is 1.97 bits per heavy atom. The summed E-state index contributed by atoms with van der Waals surface area (Å²) in [6.45, 7) is 3.37. The third-order valence-corrected chi connectivity index (χ3v) is 5.47. The first kappa shape index (κ1) is 22.0. The smallest absolute Gasteiger partial charge is 0.255 e. The molecule has 0 bridgehead atoms. The highest BCUT2D eigenvalue weighted by molar-refractivity contribution is 9.10. The van der Waals surface area contributed by atoms with Gasteiger partial charge in [-0.25, -0.2) is 4.98 Å². The molecule has 0 spiro atoms. The monoisotopic (exact) mass is 513 g/mol. The van der Waals surface area contributed by atoms with Crippen molar-refractivity contribution in [2.24, 2.45) is 0 Å². The Hall–Kier alpha value is -3.17. The predicted molar refractivity (Wildman–Crippen MR) is 131 cm³/mol. The van der Waals surface area contributed by atoms with Crippen LogP contribution in [0.4, 0.5) is 17.2 Å². The molecule has 0 aliphatic heterocycles. The molecule has 4 N–H and O–H groups in total. The van der Waals surface area contributed by atoms with E-state index in [1.165, 1.54) is 0 Å². The minimum absolute atomic E-state index is 0.164. The average Bonchev–Trinajstić information content (AvgIpc) is 3.17. The summed E-state index contributed by atoms with van der Waals surface area (Å²) in [6, 6.07) is 12.7. The average molecular weight is 515 g/mol. The van der Waals surface area contributed by atoms with Crippen LogP contribution in [0.5, 0.6) is 0 Å². The summed E-state index contributed by atoms with van der Waals surface area (Å²) >= 11 is 9.47. The number of aromatic nitrogens is 4. The molecule has 2 aromatic heterocycles. The van der Waals surface area contributed by atoms with Crippen molar-refractivity contribution in [2.45, 2.75) is 19.9 Å². The maximum absolute atomic E-state index is 12.6. The standard InChI is InChI=1S/C22H21BrClN7O/c1-2-9-26-19-18-20(30-22(24)29-19)31(12-27-18)11-13-3-5-14(6-4-13)21(32)28-17-8-7-15(23)10-16(17)25/h3-8,10,12H,2,9,11,25H2,1H3,(H,28,32)(H,26,29,30). The Morgan fingerprint density at radius 1 is 1.19 bits per heavy atom. The van der Waals surface area contributed by atoms with Gasteiger partial charge in [0.15, 0.2) is 17.0 Å². The Balaban J connectivity index is 1.51. The van der Waals surface area contributed by atoms with Crippen LogP contribution in [-0.4, -0.2) is 32.0 Å². The molecule has 0 aliphatic rings. The number of carbonyl (C=O) groups excluding carboxylic acids is 1. The molecule has 4 rings (SSSR count). The van der Waals surface area contributed by atoms with Crippen molar-refractivity contribution in [3.63, 3.8) is 0 Å². The molecule has 0 fully saturated rings. The number of fused-ring (bicyclic) bond motifs is 1. The highest BCUT2D eigenvalue weighted by Gasteiger charge is 2.13. The van der Waals surface area contributed by atoms with E-state index in [9.17, 15) is 4.79 Å². The molecule has 2 heterocycles. The van der Waals surface area contributed by atoms with E-state index in [-0.39, 0.29) is 11.2 Å². The molecule has 164 valence electrons. The second-order valence-corrected chi connectivity index (χ2v) is 8.45. The number of nitrogen functional groups attached to an aromatic ring is 1. The van der Waals surface area contributed by atoms with Crippen LogP contribution in [0.15, 0.2) is 53.3 Å². The Bertz CT molecular complexity index is 1270. The van der Waals surface area contributed by atoms with Crippen molar-refractivity contribution in [1.82, 2.24) is 19.5 Å². The van der Waals surface area contributed by atoms with Crippen LogP contribution < -0.4 is 16.4 Å². The van der Waals surface area contributed by atoms with Crippen molar-refractivity contribution in [2.75, 3.05) is 22.9 Å². The summed E-state index contributed by atoms with van der Waals surface area (Å²) in [5.41, 5.74) is 9.86. The number of nitrogens with one attached hydrogen (secondary N) is 2. The fraction of sp³-hybridized carbons (Fsp3) is 0.182. The highest BCUT2D eigenvalue weighted by atomic mass is 79.9. The summed E-state index contributed by atoms with van der Waals surface area (Å²) in [4.78, 5) is 25.6. The molecule has 8 nitrogen and oxygen atoms in total. The van der Waals surface area contributed by atoms with Gasteiger partial charge in [0.1, 0.15) is 0 Å². The van der Waals surface area contributed by atoms with Crippen LogP contribution in [0.2, 0.25) is 5.28 Å². The largest absolute Gasteiger partial charge is 0.397 e. The van der Waals surface area contributed by atoms with E-state index in [2.05, 4.69) is 48.4 Å². The number of hydrogen-bond acceptors (Lipinski definition) is 6. The van der Waals surface area contributed by atoms with Gasteiger partial charge in [-0.15, -0.1) is 0 Å². The minimum atomic E-state index is -0.232. The van der Waals surface area contributed by atoms with Crippen molar-refractivity contribution in [3.05, 3.63) is 69.7 Å². The van der Waals surface area contributed by atoms with Crippen LogP contribution >= 0.6 is 27.5 Å². The lowest BCUT2D eigenvalue weighted by Crippen LogP contribution is -2.13. The van der Waals surface area contributed by atoms with E-state index >= 15 is 0 Å². The molecule has 10 heteroatoms. The highest BCUT2D eigenvalue weighted by Crippen LogP contribution is 2.24. The fourth-order valence-electron chi connectivity index (χ4n) is 3.20. The fourth-order valence-corrected chi connectivity index (χ4v) is 3.74. The van der Waals surface area contributed by atoms with Gasteiger partial charge in [0, 0.05) is 16.6 Å². The number of hydrogen-bond donors (Lipinski definition) is 3. The third-order valence-electron chi connectivity index (χ3n) is 4.81. The number of amides is 1. The summed E-state index contributed by atoms with van der Waals surface area (Å²) in [6.07, 6.45) is 2.67. The van der Waals surface area contributed by atoms with Gasteiger partial charge in [-0.1, -0.05) is 35.0 Å². The first-order valence-electron chi connectivity index (χ1n) is 10.0. The van der Waals surface area contributed by atoms with Gasteiger partial charge in [0.2, 0.25) is 5.28 Å². The van der Waals surface area contributed by atoms with E-state index in [0.717, 1.165) is 23.0 Å². The topological polar surface area (TPSA) is 111 Å². The maximum atomic E-state index is 12.6. The molecule has 4 aromatic rings. The van der Waals surface area contributed by atoms with Gasteiger partial charge < -0.3 is 20.9 Å². The summed E-state index contributed by atoms with van der Waals surface area (Å²) in [5, 5.41) is 6.23. The SMILES string of the molecule is CCCNc1nc(Cl)nc2c1ncn2Cc1ccc(C(=O)Nc2ccc(Br)cc2N)cc1. The molecule has 0 atom stereocenters. The Morgan fingerprint density at radius 3 is 2.69 bits per heavy atom. The third kappa shape index (κ3) is 4.84. The van der Waals surface area contributed by atoms with Crippen LogP contribution in [0.1, 0.15) is 29.3 Å². The lowest BCUT2D eigenvalue weighted by atomic mass is 10.1. The summed E-state index contributed by atoms with van der Waals surface area (Å²) < 4.78 is 2.75. The minimum Gasteiger partial charge on any atom is -0.397 e. The van der Waals surface area contributed by atoms with E-state index in [1.807, 2.05) is 22.8 Å². The summed E-state index contributed by atoms with van der Waals surface area (Å²) in [5.74, 6) is 0.393. The van der Waals surface area contributed by atoms with Gasteiger partial charge in [0.25, 0.3) is 5.91 Å². The molecule has 0 radical (unpaired) electrons. The maximum Gasteiger partial charge on any atom is 0.255 e. The number of rotatable bonds is 7. The molecule has 1 amide bonds. The quantitative estimate of drug-likeness (QED) is 0.238. The van der Waals surface area contributed by atoms with Gasteiger partial charge in [-0.3, -0.25) is 4.79 Å². The second-order valence-electron chi connectivity index (χ2n) is 7.20. The number of anilines is 3. The number of imidazole rings is 1. The van der Waals surface area contributed by atoms with Gasteiger partial charge in [-0.2, -0.15) is 9.97 Å². The van der Waals surface area contributed by atoms with E-state index in [4.69, 9.17) is 17.3 Å². The van der Waals surface area contributed by atoms with Crippen LogP contribution in [0.3, 0.4) is 0 Å². The number of halogens is 2. The van der Waals surface area contributed by atoms with Crippen molar-refractivity contribution in [3.8, 4) is 0 Å². The van der Waals surface area contributed by atoms with Gasteiger partial charge in [0.05, 0.1) is 24.2 Å². The lowest BCUT2D eigenvalue weighted by molar-refractivity contribution is 0.102. The van der Waals surface area contributed by atoms with Gasteiger partial charge >= 0.3 is 0 Å². The molecule has 0 aliphatic carbocycles. The Labute approximate surface area is 198 Å². The number of nitrogens with zero attached hydrogens (tertiary/aromatic N) is 4. The zero-order valence-electron chi connectivity index (χ0n) is 17.3. The molecule has 32 heavy (non-hydrogen) atoms. The number of benzene rings is 2. The zero-order valence-corrected chi connectivity index (χ0v) is 19.6. The van der Waals surface area contributed by atoms with Crippen molar-refractivity contribution in [1.29, 1.82) is 0 Å². The molecular formula is C22H21BrClN7O. The zero-order chi connectivity index (χ0) is 22.7.